The Labute approximate surface area is 181 Å². The highest BCUT2D eigenvalue weighted by Crippen LogP contribution is 2.23. The summed E-state index contributed by atoms with van der Waals surface area (Å²) in [5, 5.41) is 12.5. The zero-order valence-electron chi connectivity index (χ0n) is 17.7. The number of benzene rings is 2. The summed E-state index contributed by atoms with van der Waals surface area (Å²) in [6.45, 7) is 5.74. The van der Waals surface area contributed by atoms with Gasteiger partial charge in [-0.3, -0.25) is 9.59 Å². The zero-order valence-corrected chi connectivity index (χ0v) is 17.7. The van der Waals surface area contributed by atoms with Gasteiger partial charge in [-0.05, 0) is 68.3 Å². The Morgan fingerprint density at radius 1 is 1.10 bits per heavy atom. The van der Waals surface area contributed by atoms with E-state index in [1.54, 1.807) is 18.2 Å². The summed E-state index contributed by atoms with van der Waals surface area (Å²) in [4.78, 5) is 24.0. The van der Waals surface area contributed by atoms with Crippen molar-refractivity contribution in [2.24, 2.45) is 5.73 Å². The van der Waals surface area contributed by atoms with E-state index in [1.165, 1.54) is 0 Å². The number of carbonyl (C=O) groups is 2. The van der Waals surface area contributed by atoms with Crippen LogP contribution in [0.3, 0.4) is 0 Å². The molecule has 0 aliphatic rings. The van der Waals surface area contributed by atoms with Crippen molar-refractivity contribution in [3.63, 3.8) is 0 Å². The van der Waals surface area contributed by atoms with Crippen LogP contribution in [0.5, 0.6) is 0 Å². The van der Waals surface area contributed by atoms with E-state index in [0.717, 1.165) is 28.2 Å². The Kier molecular flexibility index (Phi) is 6.37. The lowest BCUT2D eigenvalue weighted by molar-refractivity contribution is -0.117. The van der Waals surface area contributed by atoms with Crippen molar-refractivity contribution in [1.82, 2.24) is 9.88 Å². The highest BCUT2D eigenvalue weighted by atomic mass is 16.2. The molecule has 0 unspecified atom stereocenters. The highest BCUT2D eigenvalue weighted by molar-refractivity contribution is 6.02. The first-order valence-corrected chi connectivity index (χ1v) is 9.88. The van der Waals surface area contributed by atoms with Gasteiger partial charge in [0.05, 0.1) is 6.04 Å². The van der Waals surface area contributed by atoms with E-state index in [4.69, 9.17) is 5.73 Å². The van der Waals surface area contributed by atoms with Crippen LogP contribution in [0, 0.1) is 25.2 Å². The van der Waals surface area contributed by atoms with Crippen molar-refractivity contribution in [2.45, 2.75) is 26.8 Å². The van der Waals surface area contributed by atoms with Gasteiger partial charge in [0.25, 0.3) is 5.91 Å². The third-order valence-corrected chi connectivity index (χ3v) is 5.19. The molecular weight excluding hydrogens is 388 g/mol. The van der Waals surface area contributed by atoms with E-state index in [0.29, 0.717) is 5.56 Å². The van der Waals surface area contributed by atoms with Crippen molar-refractivity contribution in [3.05, 3.63) is 94.3 Å². The average molecular weight is 412 g/mol. The maximum Gasteiger partial charge on any atom is 0.262 e. The molecule has 1 heterocycles. The molecule has 3 N–H and O–H groups in total. The van der Waals surface area contributed by atoms with Crippen LogP contribution in [-0.2, 0) is 4.79 Å². The summed E-state index contributed by atoms with van der Waals surface area (Å²) in [5.41, 5.74) is 10.2. The predicted octanol–water partition coefficient (Wildman–Crippen LogP) is 3.98. The summed E-state index contributed by atoms with van der Waals surface area (Å²) in [6, 6.07) is 20.3. The number of aryl methyl sites for hydroxylation is 1. The van der Waals surface area contributed by atoms with Crippen LogP contribution < -0.4 is 11.1 Å². The van der Waals surface area contributed by atoms with Crippen LogP contribution in [-0.4, -0.2) is 16.4 Å². The lowest BCUT2D eigenvalue weighted by atomic mass is 10.1. The Bertz CT molecular complexity index is 1180. The number of amides is 2. The molecule has 3 rings (SSSR count). The SMILES string of the molecule is Cc1cc(/C=C(/C#N)C(=O)N[C@H](C)c2ccccc2)c(C)n1-c1ccc(C(N)=O)cc1. The first kappa shape index (κ1) is 21.6. The minimum atomic E-state index is -0.481. The number of rotatable bonds is 6. The van der Waals surface area contributed by atoms with Crippen molar-refractivity contribution >= 4 is 17.9 Å². The van der Waals surface area contributed by atoms with Crippen LogP contribution >= 0.6 is 0 Å². The van der Waals surface area contributed by atoms with Crippen LogP contribution in [0.4, 0.5) is 0 Å². The quantitative estimate of drug-likeness (QED) is 0.473. The van der Waals surface area contributed by atoms with Crippen molar-refractivity contribution in [1.29, 1.82) is 5.26 Å². The number of carbonyl (C=O) groups excluding carboxylic acids is 2. The Balaban J connectivity index is 1.88. The summed E-state index contributed by atoms with van der Waals surface area (Å²) < 4.78 is 2.00. The second-order valence-electron chi connectivity index (χ2n) is 7.35. The number of nitriles is 1. The topological polar surface area (TPSA) is 101 Å². The van der Waals surface area contributed by atoms with Gasteiger partial charge in [0.15, 0.2) is 0 Å². The van der Waals surface area contributed by atoms with E-state index in [9.17, 15) is 14.9 Å². The van der Waals surface area contributed by atoms with E-state index in [-0.39, 0.29) is 11.6 Å². The fraction of sp³-hybridized carbons (Fsp3) is 0.160. The first-order valence-electron chi connectivity index (χ1n) is 9.88. The van der Waals surface area contributed by atoms with Gasteiger partial charge in [0.1, 0.15) is 11.6 Å². The molecular formula is C25H24N4O2. The minimum Gasteiger partial charge on any atom is -0.366 e. The Morgan fingerprint density at radius 2 is 1.74 bits per heavy atom. The maximum absolute atomic E-state index is 12.7. The molecule has 31 heavy (non-hydrogen) atoms. The fourth-order valence-electron chi connectivity index (χ4n) is 3.51. The standard InChI is InChI=1S/C25H24N4O2/c1-16-13-21(18(3)29(16)23-11-9-20(10-12-23)24(27)30)14-22(15-26)25(31)28-17(2)19-7-5-4-6-8-19/h4-14,17H,1-3H3,(H2,27,30)(H,28,31)/b22-14-/t17-/m1/s1. The van der Waals surface area contributed by atoms with Gasteiger partial charge in [-0.25, -0.2) is 0 Å². The summed E-state index contributed by atoms with van der Waals surface area (Å²) in [7, 11) is 0. The largest absolute Gasteiger partial charge is 0.366 e. The molecule has 0 aliphatic heterocycles. The number of hydrogen-bond acceptors (Lipinski definition) is 3. The molecule has 0 spiro atoms. The molecule has 3 aromatic rings. The molecule has 156 valence electrons. The lowest BCUT2D eigenvalue weighted by Gasteiger charge is -2.13. The number of aromatic nitrogens is 1. The fourth-order valence-corrected chi connectivity index (χ4v) is 3.51. The molecule has 2 aromatic carbocycles. The van der Waals surface area contributed by atoms with Gasteiger partial charge in [-0.15, -0.1) is 0 Å². The predicted molar refractivity (Wildman–Crippen MR) is 120 cm³/mol. The van der Waals surface area contributed by atoms with E-state index < -0.39 is 11.8 Å². The Hall–Kier alpha value is -4.11. The molecule has 6 heteroatoms. The van der Waals surface area contributed by atoms with Gasteiger partial charge in [0.2, 0.25) is 5.91 Å². The van der Waals surface area contributed by atoms with E-state index in [2.05, 4.69) is 5.32 Å². The van der Waals surface area contributed by atoms with E-state index >= 15 is 0 Å². The normalized spacial score (nSPS) is 12.1. The minimum absolute atomic E-state index is 0.0344. The maximum atomic E-state index is 12.7. The van der Waals surface area contributed by atoms with Gasteiger partial charge in [-0.2, -0.15) is 5.26 Å². The van der Waals surface area contributed by atoms with Crippen molar-refractivity contribution in [3.8, 4) is 11.8 Å². The summed E-state index contributed by atoms with van der Waals surface area (Å²) in [5.74, 6) is -0.903. The molecule has 0 fully saturated rings. The molecule has 0 bridgehead atoms. The van der Waals surface area contributed by atoms with E-state index in [1.807, 2.05) is 79.9 Å². The monoisotopic (exact) mass is 412 g/mol. The van der Waals surface area contributed by atoms with Gasteiger partial charge in [-0.1, -0.05) is 30.3 Å². The number of nitrogens with one attached hydrogen (secondary N) is 1. The van der Waals surface area contributed by atoms with Gasteiger partial charge in [0, 0.05) is 22.6 Å². The number of nitrogens with two attached hydrogens (primary N) is 1. The third-order valence-electron chi connectivity index (χ3n) is 5.19. The second-order valence-corrected chi connectivity index (χ2v) is 7.35. The number of nitrogens with zero attached hydrogens (tertiary/aromatic N) is 2. The van der Waals surface area contributed by atoms with Crippen LogP contribution in [0.25, 0.3) is 11.8 Å². The zero-order chi connectivity index (χ0) is 22.5. The first-order chi connectivity index (χ1) is 14.8. The molecule has 6 nitrogen and oxygen atoms in total. The molecule has 0 aliphatic carbocycles. The smallest absolute Gasteiger partial charge is 0.262 e. The van der Waals surface area contributed by atoms with Crippen LogP contribution in [0.15, 0.2) is 66.2 Å². The van der Waals surface area contributed by atoms with Crippen molar-refractivity contribution in [2.75, 3.05) is 0 Å². The summed E-state index contributed by atoms with van der Waals surface area (Å²) >= 11 is 0. The van der Waals surface area contributed by atoms with Crippen LogP contribution in [0.1, 0.15) is 45.8 Å². The molecule has 1 atom stereocenters. The molecule has 1 aromatic heterocycles. The Morgan fingerprint density at radius 3 is 2.32 bits per heavy atom. The summed E-state index contributed by atoms with van der Waals surface area (Å²) in [6.07, 6.45) is 1.60. The lowest BCUT2D eigenvalue weighted by Crippen LogP contribution is -2.27. The molecule has 2 amide bonds. The molecule has 0 radical (unpaired) electrons. The number of primary amides is 1. The van der Waals surface area contributed by atoms with Crippen LogP contribution in [0.2, 0.25) is 0 Å². The third kappa shape index (κ3) is 4.73. The van der Waals surface area contributed by atoms with Gasteiger partial charge >= 0.3 is 0 Å². The average Bonchev–Trinajstić information content (AvgIpc) is 3.05. The number of hydrogen-bond donors (Lipinski definition) is 2. The second kappa shape index (κ2) is 9.14. The van der Waals surface area contributed by atoms with Gasteiger partial charge < -0.3 is 15.6 Å². The molecule has 0 saturated heterocycles. The highest BCUT2D eigenvalue weighted by Gasteiger charge is 2.16. The van der Waals surface area contributed by atoms with Crippen molar-refractivity contribution < 1.29 is 9.59 Å². The molecule has 0 saturated carbocycles.